The van der Waals surface area contributed by atoms with Gasteiger partial charge in [-0.3, -0.25) is 0 Å². The van der Waals surface area contributed by atoms with E-state index in [0.29, 0.717) is 30.6 Å². The van der Waals surface area contributed by atoms with E-state index in [-0.39, 0.29) is 11.8 Å². The van der Waals surface area contributed by atoms with Crippen molar-refractivity contribution in [2.45, 2.75) is 26.9 Å². The summed E-state index contributed by atoms with van der Waals surface area (Å²) in [6.07, 6.45) is 1.11. The summed E-state index contributed by atoms with van der Waals surface area (Å²) in [7, 11) is 0. The predicted molar refractivity (Wildman–Crippen MR) is 76.6 cm³/mol. The number of hydrogen-bond acceptors (Lipinski definition) is 2. The summed E-state index contributed by atoms with van der Waals surface area (Å²) in [5, 5.41) is 2.73. The predicted octanol–water partition coefficient (Wildman–Crippen LogP) is 3.80. The lowest BCUT2D eigenvalue weighted by Gasteiger charge is -2.34. The molecule has 2 atom stereocenters. The molecule has 1 saturated heterocycles. The minimum absolute atomic E-state index is 0.0307. The van der Waals surface area contributed by atoms with Gasteiger partial charge in [0.25, 0.3) is 0 Å². The van der Waals surface area contributed by atoms with E-state index in [4.69, 9.17) is 0 Å². The van der Waals surface area contributed by atoms with E-state index in [1.807, 2.05) is 0 Å². The number of piperidine rings is 1. The molecule has 4 nitrogen and oxygen atoms in total. The molecule has 1 aliphatic heterocycles. The Morgan fingerprint density at radius 3 is 2.62 bits per heavy atom. The summed E-state index contributed by atoms with van der Waals surface area (Å²) in [6, 6.07) is 5.82. The third-order valence-electron chi connectivity index (χ3n) is 3.47. The lowest BCUT2D eigenvalue weighted by atomic mass is 9.92. The highest BCUT2D eigenvalue weighted by Crippen LogP contribution is 2.23. The molecule has 1 fully saturated rings. The Morgan fingerprint density at radius 2 is 2.00 bits per heavy atom. The van der Waals surface area contributed by atoms with Gasteiger partial charge in [0.05, 0.1) is 0 Å². The van der Waals surface area contributed by atoms with Crippen molar-refractivity contribution in [3.8, 4) is 5.75 Å². The minimum atomic E-state index is -2.88. The zero-order chi connectivity index (χ0) is 15.4. The molecule has 1 N–H and O–H groups in total. The number of anilines is 1. The second-order valence-electron chi connectivity index (χ2n) is 5.69. The fraction of sp³-hybridized carbons (Fsp3) is 0.533. The molecule has 0 bridgehead atoms. The number of rotatable bonds is 3. The molecule has 2 amide bonds. The van der Waals surface area contributed by atoms with Crippen LogP contribution in [0.15, 0.2) is 24.3 Å². The summed E-state index contributed by atoms with van der Waals surface area (Å²) >= 11 is 0. The molecule has 1 aromatic rings. The number of halogens is 2. The van der Waals surface area contributed by atoms with Crippen LogP contribution in [0.4, 0.5) is 19.3 Å². The van der Waals surface area contributed by atoms with E-state index in [2.05, 4.69) is 23.9 Å². The van der Waals surface area contributed by atoms with Crippen LogP contribution in [0.5, 0.6) is 5.75 Å². The van der Waals surface area contributed by atoms with Gasteiger partial charge in [0.15, 0.2) is 0 Å². The number of benzene rings is 1. The number of hydrogen-bond donors (Lipinski definition) is 1. The number of alkyl halides is 2. The van der Waals surface area contributed by atoms with Gasteiger partial charge in [-0.1, -0.05) is 19.9 Å². The Kier molecular flexibility index (Phi) is 4.98. The van der Waals surface area contributed by atoms with E-state index >= 15 is 0 Å². The number of carbonyl (C=O) groups is 1. The van der Waals surface area contributed by atoms with E-state index in [0.717, 1.165) is 6.42 Å². The van der Waals surface area contributed by atoms with Crippen molar-refractivity contribution < 1.29 is 18.3 Å². The molecule has 1 heterocycles. The van der Waals surface area contributed by atoms with Crippen LogP contribution in [0.25, 0.3) is 0 Å². The van der Waals surface area contributed by atoms with E-state index in [1.165, 1.54) is 12.1 Å². The number of carbonyl (C=O) groups excluding carboxylic acids is 1. The highest BCUT2D eigenvalue weighted by atomic mass is 19.3. The summed E-state index contributed by atoms with van der Waals surface area (Å²) in [4.78, 5) is 14.0. The van der Waals surface area contributed by atoms with Crippen LogP contribution in [0.2, 0.25) is 0 Å². The maximum Gasteiger partial charge on any atom is 0.387 e. The van der Waals surface area contributed by atoms with Gasteiger partial charge < -0.3 is 15.0 Å². The van der Waals surface area contributed by atoms with Gasteiger partial charge in [-0.25, -0.2) is 4.79 Å². The maximum atomic E-state index is 12.2. The second-order valence-corrected chi connectivity index (χ2v) is 5.69. The normalized spacial score (nSPS) is 22.2. The first-order valence-electron chi connectivity index (χ1n) is 7.05. The monoisotopic (exact) mass is 298 g/mol. The summed E-state index contributed by atoms with van der Waals surface area (Å²) in [6.45, 7) is 2.78. The number of ether oxygens (including phenoxy) is 1. The summed E-state index contributed by atoms with van der Waals surface area (Å²) in [5.74, 6) is 0.962. The molecule has 0 aliphatic carbocycles. The molecule has 116 valence electrons. The number of likely N-dealkylation sites (tertiary alicyclic amines) is 1. The van der Waals surface area contributed by atoms with E-state index in [9.17, 15) is 13.6 Å². The molecular formula is C15H20F2N2O2. The van der Waals surface area contributed by atoms with Crippen molar-refractivity contribution in [1.82, 2.24) is 4.90 Å². The van der Waals surface area contributed by atoms with Crippen molar-refractivity contribution in [3.63, 3.8) is 0 Å². The van der Waals surface area contributed by atoms with Gasteiger partial charge >= 0.3 is 12.6 Å². The van der Waals surface area contributed by atoms with Crippen LogP contribution >= 0.6 is 0 Å². The first-order valence-corrected chi connectivity index (χ1v) is 7.05. The van der Waals surface area contributed by atoms with Crippen LogP contribution in [0.1, 0.15) is 20.3 Å². The molecule has 0 saturated carbocycles. The van der Waals surface area contributed by atoms with Crippen molar-refractivity contribution in [1.29, 1.82) is 0 Å². The van der Waals surface area contributed by atoms with Crippen LogP contribution in [0.3, 0.4) is 0 Å². The fourth-order valence-corrected chi connectivity index (χ4v) is 2.78. The van der Waals surface area contributed by atoms with Crippen LogP contribution in [0, 0.1) is 11.8 Å². The van der Waals surface area contributed by atoms with Crippen molar-refractivity contribution in [2.24, 2.45) is 11.8 Å². The van der Waals surface area contributed by atoms with E-state index < -0.39 is 6.61 Å². The largest absolute Gasteiger partial charge is 0.435 e. The van der Waals surface area contributed by atoms with E-state index in [1.54, 1.807) is 17.0 Å². The molecule has 2 unspecified atom stereocenters. The molecule has 6 heteroatoms. The first kappa shape index (κ1) is 15.5. The van der Waals surface area contributed by atoms with Crippen molar-refractivity contribution in [2.75, 3.05) is 18.4 Å². The minimum Gasteiger partial charge on any atom is -0.435 e. The Morgan fingerprint density at radius 1 is 1.33 bits per heavy atom. The van der Waals surface area contributed by atoms with Crippen LogP contribution in [-0.2, 0) is 0 Å². The highest BCUT2D eigenvalue weighted by molar-refractivity contribution is 5.89. The lowest BCUT2D eigenvalue weighted by molar-refractivity contribution is -0.0497. The standard InChI is InChI=1S/C15H20F2N2O2/c1-10-6-11(2)9-19(8-10)15(20)18-12-4-3-5-13(7-12)21-14(16)17/h3-5,7,10-11,14H,6,8-9H2,1-2H3,(H,18,20). The molecule has 0 aromatic heterocycles. The van der Waals surface area contributed by atoms with Crippen LogP contribution in [-0.4, -0.2) is 30.6 Å². The molecule has 2 rings (SSSR count). The SMILES string of the molecule is CC1CC(C)CN(C(=O)Nc2cccc(OC(F)F)c2)C1. The fourth-order valence-electron chi connectivity index (χ4n) is 2.78. The average molecular weight is 298 g/mol. The summed E-state index contributed by atoms with van der Waals surface area (Å²) in [5.41, 5.74) is 0.448. The Hall–Kier alpha value is -1.85. The van der Waals surface area contributed by atoms with Gasteiger partial charge in [0, 0.05) is 24.8 Å². The zero-order valence-electron chi connectivity index (χ0n) is 12.2. The third-order valence-corrected chi connectivity index (χ3v) is 3.47. The molecule has 21 heavy (non-hydrogen) atoms. The van der Waals surface area contributed by atoms with Crippen LogP contribution < -0.4 is 10.1 Å². The Balaban J connectivity index is 1.99. The second kappa shape index (κ2) is 6.74. The third kappa shape index (κ3) is 4.58. The van der Waals surface area contributed by atoms with Gasteiger partial charge in [0.2, 0.25) is 0 Å². The quantitative estimate of drug-likeness (QED) is 0.922. The summed E-state index contributed by atoms with van der Waals surface area (Å²) < 4.78 is 28.7. The molecular weight excluding hydrogens is 278 g/mol. The van der Waals surface area contributed by atoms with Gasteiger partial charge in [0.1, 0.15) is 5.75 Å². The van der Waals surface area contributed by atoms with Crippen molar-refractivity contribution in [3.05, 3.63) is 24.3 Å². The topological polar surface area (TPSA) is 41.6 Å². The molecule has 0 spiro atoms. The molecule has 1 aromatic carbocycles. The molecule has 1 aliphatic rings. The van der Waals surface area contributed by atoms with Gasteiger partial charge in [-0.15, -0.1) is 0 Å². The van der Waals surface area contributed by atoms with Crippen molar-refractivity contribution >= 4 is 11.7 Å². The number of nitrogens with zero attached hydrogens (tertiary/aromatic N) is 1. The maximum absolute atomic E-state index is 12.2. The smallest absolute Gasteiger partial charge is 0.387 e. The average Bonchev–Trinajstić information content (AvgIpc) is 2.37. The number of urea groups is 1. The zero-order valence-corrected chi connectivity index (χ0v) is 12.2. The number of nitrogens with one attached hydrogen (secondary N) is 1. The van der Waals surface area contributed by atoms with Gasteiger partial charge in [-0.05, 0) is 30.4 Å². The Labute approximate surface area is 123 Å². The molecule has 0 radical (unpaired) electrons. The lowest BCUT2D eigenvalue weighted by Crippen LogP contribution is -2.44. The highest BCUT2D eigenvalue weighted by Gasteiger charge is 2.25. The first-order chi connectivity index (χ1) is 9.94. The number of amides is 2. The Bertz CT molecular complexity index is 486. The van der Waals surface area contributed by atoms with Gasteiger partial charge in [-0.2, -0.15) is 8.78 Å².